The largest absolute Gasteiger partial charge is 0.496 e. The van der Waals surface area contributed by atoms with Crippen LogP contribution in [-0.2, 0) is 0 Å². The highest BCUT2D eigenvalue weighted by Crippen LogP contribution is 2.44. The Morgan fingerprint density at radius 3 is 2.63 bits per heavy atom. The van der Waals surface area contributed by atoms with Gasteiger partial charge in [-0.25, -0.2) is 5.10 Å². The lowest BCUT2D eigenvalue weighted by Gasteiger charge is -2.12. The molecule has 8 nitrogen and oxygen atoms in total. The fourth-order valence-electron chi connectivity index (χ4n) is 2.98. The van der Waals surface area contributed by atoms with Crippen LogP contribution in [0.4, 0.5) is 11.6 Å². The molecule has 4 rings (SSSR count). The predicted molar refractivity (Wildman–Crippen MR) is 120 cm³/mol. The first-order valence-electron chi connectivity index (χ1n) is 9.07. The van der Waals surface area contributed by atoms with E-state index >= 15 is 0 Å². The summed E-state index contributed by atoms with van der Waals surface area (Å²) in [4.78, 5) is 17.6. The number of amides is 1. The molecule has 0 saturated carbocycles. The Labute approximate surface area is 181 Å². The third kappa shape index (κ3) is 3.96. The molecule has 0 bridgehead atoms. The van der Waals surface area contributed by atoms with E-state index in [9.17, 15) is 4.79 Å². The number of H-pyrrole nitrogens is 1. The number of carbonyl (C=O) groups is 1. The zero-order valence-electron chi connectivity index (χ0n) is 16.9. The van der Waals surface area contributed by atoms with Crippen molar-refractivity contribution in [3.8, 4) is 5.75 Å². The molecule has 0 saturated heterocycles. The predicted octanol–water partition coefficient (Wildman–Crippen LogP) is 4.20. The van der Waals surface area contributed by atoms with Crippen LogP contribution in [0.5, 0.6) is 5.75 Å². The highest BCUT2D eigenvalue weighted by Gasteiger charge is 2.22. The Morgan fingerprint density at radius 2 is 2.00 bits per heavy atom. The topological polar surface area (TPSA) is 96.0 Å². The number of rotatable bonds is 6. The second-order valence-electron chi connectivity index (χ2n) is 6.77. The molecule has 2 heterocycles. The average molecular weight is 441 g/mol. The number of anilines is 2. The number of aromatic nitrogens is 4. The minimum atomic E-state index is -0.265. The van der Waals surface area contributed by atoms with E-state index in [0.717, 1.165) is 36.9 Å². The summed E-state index contributed by atoms with van der Waals surface area (Å²) in [6, 6.07) is 12.3. The summed E-state index contributed by atoms with van der Waals surface area (Å²) in [5.41, 5.74) is 2.13. The lowest BCUT2D eigenvalue weighted by atomic mass is 10.1. The number of hydrogen-bond donors (Lipinski definition) is 2. The third-order valence-corrected chi connectivity index (χ3v) is 6.93. The number of fused-ring (bicyclic) bond motifs is 1. The van der Waals surface area contributed by atoms with Crippen molar-refractivity contribution < 1.29 is 9.53 Å². The van der Waals surface area contributed by atoms with Crippen molar-refractivity contribution in [3.05, 3.63) is 46.8 Å². The van der Waals surface area contributed by atoms with Crippen LogP contribution in [-0.4, -0.2) is 47.7 Å². The van der Waals surface area contributed by atoms with E-state index in [1.54, 1.807) is 18.9 Å². The van der Waals surface area contributed by atoms with Crippen LogP contribution < -0.4 is 15.0 Å². The molecule has 0 atom stereocenters. The Morgan fingerprint density at radius 1 is 1.23 bits per heavy atom. The maximum Gasteiger partial charge on any atom is 0.269 e. The number of aryl methyl sites for hydroxylation is 1. The van der Waals surface area contributed by atoms with Gasteiger partial charge in [-0.1, -0.05) is 16.9 Å². The van der Waals surface area contributed by atoms with Crippen molar-refractivity contribution in [2.75, 3.05) is 31.4 Å². The molecule has 0 unspecified atom stereocenters. The molecular weight excluding hydrogens is 420 g/mol. The number of carbonyl (C=O) groups excluding carboxylic acids is 1. The summed E-state index contributed by atoms with van der Waals surface area (Å²) >= 11 is 2.99. The van der Waals surface area contributed by atoms with Gasteiger partial charge in [-0.2, -0.15) is 0 Å². The van der Waals surface area contributed by atoms with Gasteiger partial charge in [0, 0.05) is 39.7 Å². The maximum atomic E-state index is 13.0. The molecule has 154 valence electrons. The fourth-order valence-corrected chi connectivity index (χ4v) is 5.34. The van der Waals surface area contributed by atoms with Gasteiger partial charge in [0.15, 0.2) is 0 Å². The zero-order chi connectivity index (χ0) is 21.3. The van der Waals surface area contributed by atoms with E-state index in [2.05, 4.69) is 50.2 Å². The molecule has 0 radical (unpaired) electrons. The summed E-state index contributed by atoms with van der Waals surface area (Å²) in [6.07, 6.45) is 0. The van der Waals surface area contributed by atoms with Gasteiger partial charge in [-0.05, 0) is 59.3 Å². The number of tetrazole rings is 1. The number of nitrogens with one attached hydrogen (secondary N) is 2. The standard InChI is InChI=1S/C20H20N6O2S2/c1-11-9-16-14(10-15(11)28-4)17(29-13-7-5-12(6-8-13)26(2)3)18(30-16)19(27)21-20-22-24-25-23-20/h5-10H,1-4H3,(H2,21,22,23,24,25,27). The number of methoxy groups -OCH3 is 1. The summed E-state index contributed by atoms with van der Waals surface area (Å²) in [5, 5.41) is 17.0. The molecule has 0 aliphatic rings. The first-order chi connectivity index (χ1) is 14.5. The molecular formula is C20H20N6O2S2. The first kappa shape index (κ1) is 20.2. The molecule has 0 aliphatic carbocycles. The van der Waals surface area contributed by atoms with Gasteiger partial charge in [-0.15, -0.1) is 11.3 Å². The van der Waals surface area contributed by atoms with Crippen molar-refractivity contribution in [1.82, 2.24) is 20.6 Å². The lowest BCUT2D eigenvalue weighted by molar-refractivity contribution is 0.102. The van der Waals surface area contributed by atoms with Gasteiger partial charge in [0.2, 0.25) is 5.95 Å². The maximum absolute atomic E-state index is 13.0. The zero-order valence-corrected chi connectivity index (χ0v) is 18.5. The summed E-state index contributed by atoms with van der Waals surface area (Å²) in [7, 11) is 5.66. The van der Waals surface area contributed by atoms with E-state index in [1.807, 2.05) is 38.1 Å². The summed E-state index contributed by atoms with van der Waals surface area (Å²) < 4.78 is 6.53. The third-order valence-electron chi connectivity index (χ3n) is 4.52. The fraction of sp³-hybridized carbons (Fsp3) is 0.200. The van der Waals surface area contributed by atoms with Crippen molar-refractivity contribution in [1.29, 1.82) is 0 Å². The minimum Gasteiger partial charge on any atom is -0.496 e. The smallest absolute Gasteiger partial charge is 0.269 e. The summed E-state index contributed by atoms with van der Waals surface area (Å²) in [5.74, 6) is 0.729. The van der Waals surface area contributed by atoms with E-state index in [1.165, 1.54) is 11.3 Å². The van der Waals surface area contributed by atoms with Crippen LogP contribution in [0.1, 0.15) is 15.2 Å². The molecule has 0 aliphatic heterocycles. The van der Waals surface area contributed by atoms with Crippen LogP contribution >= 0.6 is 23.1 Å². The number of aromatic amines is 1. The Kier molecular flexibility index (Phi) is 5.60. The molecule has 4 aromatic rings. The van der Waals surface area contributed by atoms with Crippen LogP contribution in [0, 0.1) is 6.92 Å². The van der Waals surface area contributed by atoms with Crippen LogP contribution in [0.2, 0.25) is 0 Å². The lowest BCUT2D eigenvalue weighted by Crippen LogP contribution is -2.12. The van der Waals surface area contributed by atoms with E-state index in [0.29, 0.717) is 4.88 Å². The molecule has 30 heavy (non-hydrogen) atoms. The van der Waals surface area contributed by atoms with E-state index < -0.39 is 0 Å². The van der Waals surface area contributed by atoms with Crippen molar-refractivity contribution >= 4 is 50.7 Å². The molecule has 2 N–H and O–H groups in total. The molecule has 0 fully saturated rings. The molecule has 10 heteroatoms. The van der Waals surface area contributed by atoms with Gasteiger partial charge >= 0.3 is 0 Å². The summed E-state index contributed by atoms with van der Waals surface area (Å²) in [6.45, 7) is 1.99. The second kappa shape index (κ2) is 8.33. The SMILES string of the molecule is COc1cc2c(Sc3ccc(N(C)C)cc3)c(C(=O)Nc3nnn[nH]3)sc2cc1C. The minimum absolute atomic E-state index is 0.206. The van der Waals surface area contributed by atoms with Crippen molar-refractivity contribution in [3.63, 3.8) is 0 Å². The Hall–Kier alpha value is -3.11. The number of benzene rings is 2. The van der Waals surface area contributed by atoms with Crippen molar-refractivity contribution in [2.45, 2.75) is 16.7 Å². The van der Waals surface area contributed by atoms with Crippen LogP contribution in [0.3, 0.4) is 0 Å². The molecule has 0 spiro atoms. The van der Waals surface area contributed by atoms with Crippen LogP contribution in [0.15, 0.2) is 46.2 Å². The van der Waals surface area contributed by atoms with Gasteiger partial charge in [0.1, 0.15) is 10.6 Å². The highest BCUT2D eigenvalue weighted by molar-refractivity contribution is 7.99. The Balaban J connectivity index is 1.78. The van der Waals surface area contributed by atoms with E-state index in [4.69, 9.17) is 4.74 Å². The van der Waals surface area contributed by atoms with Crippen molar-refractivity contribution in [2.24, 2.45) is 0 Å². The van der Waals surface area contributed by atoms with Gasteiger partial charge in [0.05, 0.1) is 7.11 Å². The normalized spacial score (nSPS) is 10.9. The Bertz CT molecular complexity index is 1190. The highest BCUT2D eigenvalue weighted by atomic mass is 32.2. The number of ether oxygens (including phenoxy) is 1. The molecule has 2 aromatic carbocycles. The van der Waals surface area contributed by atoms with E-state index in [-0.39, 0.29) is 11.9 Å². The van der Waals surface area contributed by atoms with Crippen LogP contribution in [0.25, 0.3) is 10.1 Å². The number of nitrogens with zero attached hydrogens (tertiary/aromatic N) is 4. The molecule has 2 aromatic heterocycles. The number of hydrogen-bond acceptors (Lipinski definition) is 8. The van der Waals surface area contributed by atoms with Gasteiger partial charge in [0.25, 0.3) is 5.91 Å². The quantitative estimate of drug-likeness (QED) is 0.464. The monoisotopic (exact) mass is 440 g/mol. The molecule has 1 amide bonds. The first-order valence-corrected chi connectivity index (χ1v) is 10.7. The van der Waals surface area contributed by atoms with Gasteiger partial charge < -0.3 is 9.64 Å². The number of thiophene rings is 1. The average Bonchev–Trinajstić information content (AvgIpc) is 3.35. The second-order valence-corrected chi connectivity index (χ2v) is 8.91. The van der Waals surface area contributed by atoms with Gasteiger partial charge in [-0.3, -0.25) is 10.1 Å².